The summed E-state index contributed by atoms with van der Waals surface area (Å²) in [5.74, 6) is 0.144. The Kier molecular flexibility index (Phi) is 3.24. The Morgan fingerprint density at radius 3 is 2.69 bits per heavy atom. The van der Waals surface area contributed by atoms with Crippen molar-refractivity contribution in [3.05, 3.63) is 0 Å². The third-order valence-corrected chi connectivity index (χ3v) is 3.37. The smallest absolute Gasteiger partial charge is 0.235 e. The van der Waals surface area contributed by atoms with Crippen molar-refractivity contribution < 1.29 is 9.90 Å². The highest BCUT2D eigenvalue weighted by atomic mass is 32.2. The minimum absolute atomic E-state index is 0.00824. The van der Waals surface area contributed by atoms with Crippen molar-refractivity contribution in [2.75, 3.05) is 19.3 Å². The third kappa shape index (κ3) is 2.61. The van der Waals surface area contributed by atoms with Crippen LogP contribution in [-0.4, -0.2) is 46.1 Å². The molecule has 0 bridgehead atoms. The number of likely N-dealkylation sites (tertiary alicyclic amines) is 1. The Labute approximate surface area is 83.5 Å². The molecule has 1 aliphatic heterocycles. The molecule has 4 heteroatoms. The predicted molar refractivity (Wildman–Crippen MR) is 54.8 cm³/mol. The molecule has 0 radical (unpaired) electrons. The van der Waals surface area contributed by atoms with Crippen molar-refractivity contribution in [3.8, 4) is 0 Å². The zero-order chi connectivity index (χ0) is 10.1. The summed E-state index contributed by atoms with van der Waals surface area (Å²) in [4.78, 5) is 13.4. The van der Waals surface area contributed by atoms with Crippen molar-refractivity contribution >= 4 is 17.7 Å². The molecular weight excluding hydrogens is 186 g/mol. The fourth-order valence-corrected chi connectivity index (χ4v) is 1.84. The summed E-state index contributed by atoms with van der Waals surface area (Å²) in [5, 5.41) is 9.68. The van der Waals surface area contributed by atoms with E-state index in [4.69, 9.17) is 0 Å². The SMILES string of the molecule is CSC(C)C(=O)N1CCC(C)(O)C1. The first-order valence-electron chi connectivity index (χ1n) is 4.50. The quantitative estimate of drug-likeness (QED) is 0.719. The molecule has 0 spiro atoms. The Hall–Kier alpha value is -0.220. The van der Waals surface area contributed by atoms with Crippen molar-refractivity contribution in [2.24, 2.45) is 0 Å². The van der Waals surface area contributed by atoms with E-state index in [-0.39, 0.29) is 11.2 Å². The Morgan fingerprint density at radius 1 is 1.69 bits per heavy atom. The maximum Gasteiger partial charge on any atom is 0.235 e. The van der Waals surface area contributed by atoms with Crippen molar-refractivity contribution in [1.29, 1.82) is 0 Å². The number of carbonyl (C=O) groups is 1. The van der Waals surface area contributed by atoms with Crippen LogP contribution in [0.25, 0.3) is 0 Å². The van der Waals surface area contributed by atoms with Gasteiger partial charge >= 0.3 is 0 Å². The molecule has 1 rings (SSSR count). The average molecular weight is 203 g/mol. The summed E-state index contributed by atoms with van der Waals surface area (Å²) in [6.45, 7) is 4.86. The highest BCUT2D eigenvalue weighted by Gasteiger charge is 2.35. The molecule has 1 N–H and O–H groups in total. The van der Waals surface area contributed by atoms with Crippen LogP contribution < -0.4 is 0 Å². The van der Waals surface area contributed by atoms with Gasteiger partial charge in [0.15, 0.2) is 0 Å². The lowest BCUT2D eigenvalue weighted by atomic mass is 10.1. The van der Waals surface area contributed by atoms with Gasteiger partial charge < -0.3 is 10.0 Å². The molecule has 2 atom stereocenters. The fraction of sp³-hybridized carbons (Fsp3) is 0.889. The van der Waals surface area contributed by atoms with Crippen LogP contribution in [0, 0.1) is 0 Å². The molecular formula is C9H17NO2S. The predicted octanol–water partition coefficient (Wildman–Crippen LogP) is 0.721. The van der Waals surface area contributed by atoms with E-state index in [1.54, 1.807) is 23.6 Å². The summed E-state index contributed by atoms with van der Waals surface area (Å²) in [6.07, 6.45) is 2.62. The lowest BCUT2D eigenvalue weighted by Crippen LogP contribution is -2.37. The normalized spacial score (nSPS) is 30.6. The van der Waals surface area contributed by atoms with Gasteiger partial charge in [-0.1, -0.05) is 0 Å². The van der Waals surface area contributed by atoms with E-state index in [9.17, 15) is 9.90 Å². The summed E-state index contributed by atoms with van der Waals surface area (Å²) in [6, 6.07) is 0. The van der Waals surface area contributed by atoms with Gasteiger partial charge in [-0.2, -0.15) is 11.8 Å². The summed E-state index contributed by atoms with van der Waals surface area (Å²) in [5.41, 5.74) is -0.673. The molecule has 13 heavy (non-hydrogen) atoms. The molecule has 2 unspecified atom stereocenters. The highest BCUT2D eigenvalue weighted by Crippen LogP contribution is 2.22. The van der Waals surface area contributed by atoms with E-state index in [0.29, 0.717) is 19.5 Å². The summed E-state index contributed by atoms with van der Waals surface area (Å²) >= 11 is 1.55. The number of nitrogens with zero attached hydrogens (tertiary/aromatic N) is 1. The van der Waals surface area contributed by atoms with E-state index in [0.717, 1.165) is 0 Å². The number of carbonyl (C=O) groups excluding carboxylic acids is 1. The Balaban J connectivity index is 2.51. The van der Waals surface area contributed by atoms with Gasteiger partial charge in [-0.3, -0.25) is 4.79 Å². The first-order valence-corrected chi connectivity index (χ1v) is 5.79. The van der Waals surface area contributed by atoms with E-state index >= 15 is 0 Å². The lowest BCUT2D eigenvalue weighted by Gasteiger charge is -2.21. The van der Waals surface area contributed by atoms with E-state index in [1.165, 1.54) is 0 Å². The molecule has 0 aromatic heterocycles. The molecule has 0 aromatic rings. The van der Waals surface area contributed by atoms with Gasteiger partial charge in [-0.15, -0.1) is 0 Å². The molecule has 1 saturated heterocycles. The zero-order valence-electron chi connectivity index (χ0n) is 8.41. The Bertz CT molecular complexity index is 206. The Morgan fingerprint density at radius 2 is 2.31 bits per heavy atom. The number of β-amino-alcohol motifs (C(OH)–C–C–N with tert-alkyl or cyclic N) is 1. The minimum atomic E-state index is -0.673. The summed E-state index contributed by atoms with van der Waals surface area (Å²) in [7, 11) is 0. The van der Waals surface area contributed by atoms with Gasteiger partial charge in [-0.25, -0.2) is 0 Å². The molecule has 0 aromatic carbocycles. The third-order valence-electron chi connectivity index (χ3n) is 2.46. The molecule has 0 saturated carbocycles. The highest BCUT2D eigenvalue weighted by molar-refractivity contribution is 7.99. The van der Waals surface area contributed by atoms with Crippen LogP contribution in [0.1, 0.15) is 20.3 Å². The number of hydrogen-bond acceptors (Lipinski definition) is 3. The second-order valence-corrected chi connectivity index (χ2v) is 5.06. The van der Waals surface area contributed by atoms with Gasteiger partial charge in [0, 0.05) is 13.1 Å². The van der Waals surface area contributed by atoms with Crippen LogP contribution >= 0.6 is 11.8 Å². The van der Waals surface area contributed by atoms with E-state index in [2.05, 4.69) is 0 Å². The van der Waals surface area contributed by atoms with Crippen LogP contribution in [0.3, 0.4) is 0 Å². The molecule has 1 amide bonds. The van der Waals surface area contributed by atoms with Crippen molar-refractivity contribution in [2.45, 2.75) is 31.1 Å². The van der Waals surface area contributed by atoms with Crippen LogP contribution in [0.5, 0.6) is 0 Å². The first kappa shape index (κ1) is 10.9. The standard InChI is InChI=1S/C9H17NO2S/c1-7(13-3)8(11)10-5-4-9(2,12)6-10/h7,12H,4-6H2,1-3H3. The van der Waals surface area contributed by atoms with E-state index < -0.39 is 5.60 Å². The molecule has 1 heterocycles. The number of rotatable bonds is 2. The average Bonchev–Trinajstić information content (AvgIpc) is 2.43. The number of amides is 1. The number of hydrogen-bond donors (Lipinski definition) is 1. The molecule has 1 fully saturated rings. The van der Waals surface area contributed by atoms with Crippen molar-refractivity contribution in [1.82, 2.24) is 4.90 Å². The molecule has 0 aliphatic carbocycles. The maximum atomic E-state index is 11.7. The fourth-order valence-electron chi connectivity index (χ4n) is 1.49. The van der Waals surface area contributed by atoms with E-state index in [1.807, 2.05) is 13.2 Å². The maximum absolute atomic E-state index is 11.7. The van der Waals surface area contributed by atoms with Crippen LogP contribution in [0.15, 0.2) is 0 Å². The number of aliphatic hydroxyl groups is 1. The first-order chi connectivity index (χ1) is 5.96. The molecule has 76 valence electrons. The van der Waals surface area contributed by atoms with Crippen molar-refractivity contribution in [3.63, 3.8) is 0 Å². The van der Waals surface area contributed by atoms with Crippen LogP contribution in [0.4, 0.5) is 0 Å². The lowest BCUT2D eigenvalue weighted by molar-refractivity contribution is -0.130. The minimum Gasteiger partial charge on any atom is -0.388 e. The second-order valence-electron chi connectivity index (χ2n) is 3.88. The van der Waals surface area contributed by atoms with Gasteiger partial charge in [0.2, 0.25) is 5.91 Å². The monoisotopic (exact) mass is 203 g/mol. The summed E-state index contributed by atoms with van der Waals surface area (Å²) < 4.78 is 0. The van der Waals surface area contributed by atoms with Crippen LogP contribution in [0.2, 0.25) is 0 Å². The molecule has 1 aliphatic rings. The van der Waals surface area contributed by atoms with Gasteiger partial charge in [0.05, 0.1) is 10.9 Å². The van der Waals surface area contributed by atoms with Gasteiger partial charge in [0.25, 0.3) is 0 Å². The largest absolute Gasteiger partial charge is 0.388 e. The second kappa shape index (κ2) is 3.88. The molecule has 3 nitrogen and oxygen atoms in total. The zero-order valence-corrected chi connectivity index (χ0v) is 9.23. The topological polar surface area (TPSA) is 40.5 Å². The van der Waals surface area contributed by atoms with Gasteiger partial charge in [0.1, 0.15) is 0 Å². The van der Waals surface area contributed by atoms with Gasteiger partial charge in [-0.05, 0) is 26.5 Å². The van der Waals surface area contributed by atoms with Crippen LogP contribution in [-0.2, 0) is 4.79 Å². The number of thioether (sulfide) groups is 1.